The summed E-state index contributed by atoms with van der Waals surface area (Å²) in [5, 5.41) is 4.09. The summed E-state index contributed by atoms with van der Waals surface area (Å²) >= 11 is 1.91. The summed E-state index contributed by atoms with van der Waals surface area (Å²) in [7, 11) is 4.05. The Labute approximate surface area is 80.0 Å². The molecule has 72 valence electrons. The zero-order chi connectivity index (χ0) is 8.81. The van der Waals surface area contributed by atoms with Gasteiger partial charge in [-0.15, -0.1) is 0 Å². The van der Waals surface area contributed by atoms with Crippen molar-refractivity contribution in [3.8, 4) is 0 Å². The maximum atomic E-state index is 3.20. The maximum Gasteiger partial charge on any atom is 0.0221 e. The topological polar surface area (TPSA) is 24.1 Å². The van der Waals surface area contributed by atoms with E-state index in [9.17, 15) is 0 Å². The predicted octanol–water partition coefficient (Wildman–Crippen LogP) is 1.63. The summed E-state index contributed by atoms with van der Waals surface area (Å²) in [4.78, 5) is 0. The van der Waals surface area contributed by atoms with Gasteiger partial charge in [-0.05, 0) is 52.2 Å². The molecule has 0 amide bonds. The van der Waals surface area contributed by atoms with Gasteiger partial charge in [-0.25, -0.2) is 0 Å². The fourth-order valence-corrected chi connectivity index (χ4v) is 2.74. The molecule has 0 aromatic heterocycles. The minimum Gasteiger partial charge on any atom is -0.320 e. The average molecular weight is 188 g/mol. The van der Waals surface area contributed by atoms with Crippen LogP contribution in [0.3, 0.4) is 0 Å². The third kappa shape index (κ3) is 2.96. The van der Waals surface area contributed by atoms with E-state index in [-0.39, 0.29) is 0 Å². The van der Waals surface area contributed by atoms with Gasteiger partial charge >= 0.3 is 0 Å². The second-order valence-electron chi connectivity index (χ2n) is 3.44. The second kappa shape index (κ2) is 5.84. The second-order valence-corrected chi connectivity index (χ2v) is 4.69. The van der Waals surface area contributed by atoms with Crippen LogP contribution in [0.5, 0.6) is 0 Å². The Hall–Kier alpha value is 0.270. The molecule has 0 spiro atoms. The third-order valence-electron chi connectivity index (χ3n) is 2.62. The van der Waals surface area contributed by atoms with Crippen molar-refractivity contribution in [2.45, 2.75) is 30.9 Å². The highest BCUT2D eigenvalue weighted by molar-refractivity contribution is 7.98. The smallest absolute Gasteiger partial charge is 0.0221 e. The van der Waals surface area contributed by atoms with Gasteiger partial charge in [0, 0.05) is 5.25 Å². The highest BCUT2D eigenvalue weighted by Gasteiger charge is 2.30. The molecule has 0 radical (unpaired) electrons. The first-order chi connectivity index (χ1) is 5.88. The largest absolute Gasteiger partial charge is 0.320 e. The molecule has 1 saturated carbocycles. The number of rotatable bonds is 6. The standard InChI is InChI=1S/C9H20N2S/c1-10-7-3-4-8-5-6-9(8)12-11-2/h8-11H,3-7H2,1-2H3/t8?,9-/m0/s1. The predicted molar refractivity (Wildman–Crippen MR) is 56.3 cm³/mol. The lowest BCUT2D eigenvalue weighted by Crippen LogP contribution is -2.31. The zero-order valence-electron chi connectivity index (χ0n) is 8.10. The lowest BCUT2D eigenvalue weighted by Gasteiger charge is -2.35. The Bertz CT molecular complexity index is 119. The van der Waals surface area contributed by atoms with Crippen molar-refractivity contribution in [1.29, 1.82) is 0 Å². The van der Waals surface area contributed by atoms with Crippen molar-refractivity contribution < 1.29 is 0 Å². The minimum atomic E-state index is 0.895. The molecule has 2 atom stereocenters. The van der Waals surface area contributed by atoms with E-state index in [0.29, 0.717) is 0 Å². The van der Waals surface area contributed by atoms with E-state index in [0.717, 1.165) is 11.2 Å². The molecule has 1 aliphatic carbocycles. The van der Waals surface area contributed by atoms with E-state index in [4.69, 9.17) is 0 Å². The third-order valence-corrected chi connectivity index (χ3v) is 3.78. The van der Waals surface area contributed by atoms with E-state index in [1.54, 1.807) is 0 Å². The first-order valence-corrected chi connectivity index (χ1v) is 5.73. The highest BCUT2D eigenvalue weighted by atomic mass is 32.2. The van der Waals surface area contributed by atoms with Gasteiger partial charge in [0.15, 0.2) is 0 Å². The number of hydrogen-bond acceptors (Lipinski definition) is 3. The van der Waals surface area contributed by atoms with Gasteiger partial charge in [0.05, 0.1) is 0 Å². The van der Waals surface area contributed by atoms with Crippen LogP contribution in [0.1, 0.15) is 25.7 Å². The molecule has 0 bridgehead atoms. The van der Waals surface area contributed by atoms with Gasteiger partial charge in [-0.2, -0.15) is 0 Å². The van der Waals surface area contributed by atoms with Crippen LogP contribution in [0.2, 0.25) is 0 Å². The van der Waals surface area contributed by atoms with E-state index in [2.05, 4.69) is 10.0 Å². The Morgan fingerprint density at radius 3 is 2.67 bits per heavy atom. The summed E-state index contributed by atoms with van der Waals surface area (Å²) in [5.74, 6) is 0.982. The average Bonchev–Trinajstić information content (AvgIpc) is 2.06. The quantitative estimate of drug-likeness (QED) is 0.489. The summed E-state index contributed by atoms with van der Waals surface area (Å²) in [6.07, 6.45) is 5.60. The van der Waals surface area contributed by atoms with Crippen LogP contribution < -0.4 is 10.0 Å². The molecular formula is C9H20N2S. The first-order valence-electron chi connectivity index (χ1n) is 4.85. The van der Waals surface area contributed by atoms with Gasteiger partial charge in [0.2, 0.25) is 0 Å². The van der Waals surface area contributed by atoms with Crippen molar-refractivity contribution in [3.05, 3.63) is 0 Å². The van der Waals surface area contributed by atoms with Crippen LogP contribution in [0.4, 0.5) is 0 Å². The maximum absolute atomic E-state index is 3.20. The van der Waals surface area contributed by atoms with E-state index >= 15 is 0 Å². The van der Waals surface area contributed by atoms with Crippen LogP contribution in [0.15, 0.2) is 0 Å². The van der Waals surface area contributed by atoms with Crippen molar-refractivity contribution in [3.63, 3.8) is 0 Å². The molecule has 1 aliphatic rings. The van der Waals surface area contributed by atoms with Crippen molar-refractivity contribution in [2.75, 3.05) is 20.6 Å². The molecule has 12 heavy (non-hydrogen) atoms. The Morgan fingerprint density at radius 1 is 1.33 bits per heavy atom. The summed E-state index contributed by atoms with van der Waals surface area (Å²) in [6, 6.07) is 0. The van der Waals surface area contributed by atoms with Crippen molar-refractivity contribution >= 4 is 11.9 Å². The molecule has 0 heterocycles. The molecular weight excluding hydrogens is 168 g/mol. The lowest BCUT2D eigenvalue weighted by molar-refractivity contribution is 0.303. The Kier molecular flexibility index (Phi) is 5.04. The molecule has 0 aliphatic heterocycles. The molecule has 0 aromatic carbocycles. The Balaban J connectivity index is 2.00. The normalized spacial score (nSPS) is 28.5. The number of hydrogen-bond donors (Lipinski definition) is 2. The van der Waals surface area contributed by atoms with Crippen molar-refractivity contribution in [2.24, 2.45) is 5.92 Å². The SMILES string of the molecule is CNCCCC1CC[C@@H]1SNC. The first kappa shape index (κ1) is 10.4. The fourth-order valence-electron chi connectivity index (χ4n) is 1.72. The monoisotopic (exact) mass is 188 g/mol. The van der Waals surface area contributed by atoms with Gasteiger partial charge in [0.1, 0.15) is 0 Å². The minimum absolute atomic E-state index is 0.895. The van der Waals surface area contributed by atoms with Gasteiger partial charge < -0.3 is 5.32 Å². The molecule has 3 heteroatoms. The van der Waals surface area contributed by atoms with Gasteiger partial charge in [-0.3, -0.25) is 4.72 Å². The molecule has 1 rings (SSSR count). The van der Waals surface area contributed by atoms with Crippen LogP contribution in [-0.2, 0) is 0 Å². The summed E-state index contributed by atoms with van der Waals surface area (Å²) in [5.41, 5.74) is 0. The van der Waals surface area contributed by atoms with E-state index < -0.39 is 0 Å². The molecule has 2 nitrogen and oxygen atoms in total. The lowest BCUT2D eigenvalue weighted by atomic mass is 9.81. The fraction of sp³-hybridized carbons (Fsp3) is 1.00. The van der Waals surface area contributed by atoms with Gasteiger partial charge in [-0.1, -0.05) is 11.9 Å². The van der Waals surface area contributed by atoms with E-state index in [1.165, 1.54) is 32.2 Å². The van der Waals surface area contributed by atoms with Crippen molar-refractivity contribution in [1.82, 2.24) is 10.0 Å². The summed E-state index contributed by atoms with van der Waals surface area (Å²) < 4.78 is 3.19. The van der Waals surface area contributed by atoms with Crippen LogP contribution in [-0.4, -0.2) is 25.9 Å². The van der Waals surface area contributed by atoms with Gasteiger partial charge in [0.25, 0.3) is 0 Å². The van der Waals surface area contributed by atoms with Crippen LogP contribution in [0, 0.1) is 5.92 Å². The molecule has 1 fully saturated rings. The zero-order valence-corrected chi connectivity index (χ0v) is 8.91. The highest BCUT2D eigenvalue weighted by Crippen LogP contribution is 2.38. The molecule has 1 unspecified atom stereocenters. The number of nitrogens with one attached hydrogen (secondary N) is 2. The molecule has 2 N–H and O–H groups in total. The Morgan fingerprint density at radius 2 is 2.17 bits per heavy atom. The summed E-state index contributed by atoms with van der Waals surface area (Å²) in [6.45, 7) is 1.17. The van der Waals surface area contributed by atoms with Crippen LogP contribution >= 0.6 is 11.9 Å². The molecule has 0 saturated heterocycles. The van der Waals surface area contributed by atoms with E-state index in [1.807, 2.05) is 26.0 Å². The molecule has 0 aromatic rings. The van der Waals surface area contributed by atoms with Crippen LogP contribution in [0.25, 0.3) is 0 Å².